The van der Waals surface area contributed by atoms with Crippen LogP contribution in [0.4, 0.5) is 10.5 Å². The second-order valence-electron chi connectivity index (χ2n) is 6.27. The molecular formula is C19H25N3O3S. The van der Waals surface area contributed by atoms with Crippen LogP contribution in [-0.4, -0.2) is 20.7 Å². The summed E-state index contributed by atoms with van der Waals surface area (Å²) in [5, 5.41) is 5.77. The predicted molar refractivity (Wildman–Crippen MR) is 104 cm³/mol. The van der Waals surface area contributed by atoms with Crippen LogP contribution in [0.15, 0.2) is 48.5 Å². The maximum absolute atomic E-state index is 12.2. The van der Waals surface area contributed by atoms with Gasteiger partial charge in [0.25, 0.3) is 0 Å². The Morgan fingerprint density at radius 2 is 1.81 bits per heavy atom. The number of carbonyl (C=O) groups excluding carboxylic acids is 1. The molecule has 6 nitrogen and oxygen atoms in total. The minimum absolute atomic E-state index is 0.0613. The molecule has 0 spiro atoms. The van der Waals surface area contributed by atoms with Crippen molar-refractivity contribution in [3.8, 4) is 0 Å². The van der Waals surface area contributed by atoms with Crippen molar-refractivity contribution >= 4 is 21.7 Å². The lowest BCUT2D eigenvalue weighted by molar-refractivity contribution is 0.236. The van der Waals surface area contributed by atoms with E-state index in [4.69, 9.17) is 0 Å². The average molecular weight is 375 g/mol. The first kappa shape index (κ1) is 19.8. The molecule has 2 aromatic rings. The summed E-state index contributed by atoms with van der Waals surface area (Å²) in [6, 6.07) is 14.7. The number of nitrogens with one attached hydrogen (secondary N) is 3. The fourth-order valence-electron chi connectivity index (χ4n) is 2.57. The van der Waals surface area contributed by atoms with Crippen LogP contribution in [0.3, 0.4) is 0 Å². The molecule has 1 atom stereocenters. The zero-order valence-corrected chi connectivity index (χ0v) is 16.1. The summed E-state index contributed by atoms with van der Waals surface area (Å²) in [5.74, 6) is 0. The van der Waals surface area contributed by atoms with E-state index in [1.807, 2.05) is 44.2 Å². The molecule has 26 heavy (non-hydrogen) atoms. The highest BCUT2D eigenvalue weighted by Gasteiger charge is 2.12. The molecular weight excluding hydrogens is 350 g/mol. The normalized spacial score (nSPS) is 12.3. The maximum atomic E-state index is 12.2. The Hall–Kier alpha value is -2.54. The van der Waals surface area contributed by atoms with Crippen LogP contribution in [0.5, 0.6) is 0 Å². The lowest BCUT2D eigenvalue weighted by atomic mass is 10.0. The second kappa shape index (κ2) is 8.71. The van der Waals surface area contributed by atoms with E-state index in [1.54, 1.807) is 18.2 Å². The fraction of sp³-hybridized carbons (Fsp3) is 0.316. The molecule has 140 valence electrons. The number of aryl methyl sites for hydroxylation is 1. The summed E-state index contributed by atoms with van der Waals surface area (Å²) in [4.78, 5) is 12.2. The maximum Gasteiger partial charge on any atom is 0.315 e. The van der Waals surface area contributed by atoms with Gasteiger partial charge in [0, 0.05) is 12.2 Å². The molecule has 2 rings (SSSR count). The Kier molecular flexibility index (Phi) is 6.63. The highest BCUT2D eigenvalue weighted by molar-refractivity contribution is 7.92. The first-order chi connectivity index (χ1) is 12.3. The van der Waals surface area contributed by atoms with Gasteiger partial charge in [-0.05, 0) is 36.6 Å². The molecule has 0 fully saturated rings. The molecule has 0 aliphatic heterocycles. The van der Waals surface area contributed by atoms with E-state index in [0.29, 0.717) is 12.2 Å². The van der Waals surface area contributed by atoms with Gasteiger partial charge in [-0.1, -0.05) is 48.9 Å². The van der Waals surface area contributed by atoms with Gasteiger partial charge in [-0.2, -0.15) is 0 Å². The lowest BCUT2D eigenvalue weighted by Crippen LogP contribution is -2.37. The molecule has 2 aromatic carbocycles. The smallest absolute Gasteiger partial charge is 0.315 e. The van der Waals surface area contributed by atoms with Crippen LogP contribution in [0, 0.1) is 6.92 Å². The van der Waals surface area contributed by atoms with Gasteiger partial charge in [-0.3, -0.25) is 4.72 Å². The molecule has 0 saturated carbocycles. The molecule has 0 bridgehead atoms. The highest BCUT2D eigenvalue weighted by atomic mass is 32.2. The monoisotopic (exact) mass is 375 g/mol. The molecule has 0 saturated heterocycles. The van der Waals surface area contributed by atoms with Crippen molar-refractivity contribution in [3.63, 3.8) is 0 Å². The number of amides is 2. The third-order valence-electron chi connectivity index (χ3n) is 3.88. The quantitative estimate of drug-likeness (QED) is 0.694. The lowest BCUT2D eigenvalue weighted by Gasteiger charge is -2.18. The van der Waals surface area contributed by atoms with E-state index in [2.05, 4.69) is 15.4 Å². The molecule has 2 amide bonds. The number of urea groups is 1. The van der Waals surface area contributed by atoms with Crippen molar-refractivity contribution in [1.82, 2.24) is 10.6 Å². The molecule has 0 heterocycles. The van der Waals surface area contributed by atoms with Gasteiger partial charge in [0.2, 0.25) is 10.0 Å². The van der Waals surface area contributed by atoms with E-state index in [0.717, 1.165) is 23.8 Å². The molecule has 1 unspecified atom stereocenters. The van der Waals surface area contributed by atoms with Crippen LogP contribution in [-0.2, 0) is 16.6 Å². The number of hydrogen-bond donors (Lipinski definition) is 3. The molecule has 0 aliphatic carbocycles. The summed E-state index contributed by atoms with van der Waals surface area (Å²) in [5.41, 5.74) is 3.51. The summed E-state index contributed by atoms with van der Waals surface area (Å²) >= 11 is 0. The molecule has 0 radical (unpaired) electrons. The Balaban J connectivity index is 1.93. The molecule has 3 N–H and O–H groups in total. The van der Waals surface area contributed by atoms with Gasteiger partial charge in [0.15, 0.2) is 0 Å². The average Bonchev–Trinajstić information content (AvgIpc) is 2.57. The minimum atomic E-state index is -3.33. The molecule has 7 heteroatoms. The van der Waals surface area contributed by atoms with Crippen LogP contribution in [0.1, 0.15) is 36.1 Å². The van der Waals surface area contributed by atoms with Crippen molar-refractivity contribution in [2.45, 2.75) is 32.9 Å². The van der Waals surface area contributed by atoms with Crippen LogP contribution < -0.4 is 15.4 Å². The van der Waals surface area contributed by atoms with Gasteiger partial charge in [0.05, 0.1) is 12.3 Å². The summed E-state index contributed by atoms with van der Waals surface area (Å²) < 4.78 is 25.0. The van der Waals surface area contributed by atoms with E-state index in [-0.39, 0.29) is 12.1 Å². The van der Waals surface area contributed by atoms with Crippen LogP contribution in [0.25, 0.3) is 0 Å². The summed E-state index contributed by atoms with van der Waals surface area (Å²) in [7, 11) is -3.33. The highest BCUT2D eigenvalue weighted by Crippen LogP contribution is 2.17. The van der Waals surface area contributed by atoms with Crippen LogP contribution >= 0.6 is 0 Å². The van der Waals surface area contributed by atoms with Crippen molar-refractivity contribution in [1.29, 1.82) is 0 Å². The first-order valence-electron chi connectivity index (χ1n) is 8.44. The summed E-state index contributed by atoms with van der Waals surface area (Å²) in [6.07, 6.45) is 1.88. The van der Waals surface area contributed by atoms with E-state index in [1.165, 1.54) is 5.56 Å². The van der Waals surface area contributed by atoms with Gasteiger partial charge < -0.3 is 10.6 Å². The minimum Gasteiger partial charge on any atom is -0.334 e. The number of rotatable bonds is 7. The van der Waals surface area contributed by atoms with Crippen molar-refractivity contribution < 1.29 is 13.2 Å². The second-order valence-corrected chi connectivity index (χ2v) is 8.02. The zero-order valence-electron chi connectivity index (χ0n) is 15.2. The number of benzene rings is 2. The number of carbonyl (C=O) groups is 1. The Labute approximate surface area is 155 Å². The molecule has 0 aromatic heterocycles. The Morgan fingerprint density at radius 1 is 1.12 bits per heavy atom. The third kappa shape index (κ3) is 6.40. The topological polar surface area (TPSA) is 87.3 Å². The van der Waals surface area contributed by atoms with E-state index >= 15 is 0 Å². The third-order valence-corrected chi connectivity index (χ3v) is 4.48. The number of sulfonamides is 1. The predicted octanol–water partition coefficient (Wildman–Crippen LogP) is 3.32. The van der Waals surface area contributed by atoms with Crippen LogP contribution in [0.2, 0.25) is 0 Å². The Morgan fingerprint density at radius 3 is 2.42 bits per heavy atom. The SMILES string of the molecule is CCC(NC(=O)NCc1cccc(NS(C)(=O)=O)c1)c1ccc(C)cc1. The van der Waals surface area contributed by atoms with Gasteiger partial charge in [0.1, 0.15) is 0 Å². The Bertz CT molecular complexity index is 849. The number of hydrogen-bond acceptors (Lipinski definition) is 3. The molecule has 0 aliphatic rings. The van der Waals surface area contributed by atoms with Gasteiger partial charge in [-0.25, -0.2) is 13.2 Å². The largest absolute Gasteiger partial charge is 0.334 e. The van der Waals surface area contributed by atoms with E-state index < -0.39 is 10.0 Å². The fourth-order valence-corrected chi connectivity index (χ4v) is 3.13. The van der Waals surface area contributed by atoms with Gasteiger partial charge in [-0.15, -0.1) is 0 Å². The van der Waals surface area contributed by atoms with Crippen molar-refractivity contribution in [3.05, 3.63) is 65.2 Å². The summed E-state index contributed by atoms with van der Waals surface area (Å²) in [6.45, 7) is 4.35. The standard InChI is InChI=1S/C19H25N3O3S/c1-4-18(16-10-8-14(2)9-11-16)21-19(23)20-13-15-6-5-7-17(12-15)22-26(3,24)25/h5-12,18,22H,4,13H2,1-3H3,(H2,20,21,23). The first-order valence-corrected chi connectivity index (χ1v) is 10.3. The van der Waals surface area contributed by atoms with Crippen molar-refractivity contribution in [2.24, 2.45) is 0 Å². The van der Waals surface area contributed by atoms with Crippen molar-refractivity contribution in [2.75, 3.05) is 11.0 Å². The zero-order chi connectivity index (χ0) is 19.2. The van der Waals surface area contributed by atoms with Gasteiger partial charge >= 0.3 is 6.03 Å². The van der Waals surface area contributed by atoms with E-state index in [9.17, 15) is 13.2 Å². The number of anilines is 1.